The highest BCUT2D eigenvalue weighted by atomic mass is 16.5. The fourth-order valence-corrected chi connectivity index (χ4v) is 1.54. The van der Waals surface area contributed by atoms with E-state index in [2.05, 4.69) is 5.16 Å². The van der Waals surface area contributed by atoms with Gasteiger partial charge in [-0.15, -0.1) is 0 Å². The highest BCUT2D eigenvalue weighted by molar-refractivity contribution is 6.05. The van der Waals surface area contributed by atoms with Gasteiger partial charge in [-0.3, -0.25) is 0 Å². The summed E-state index contributed by atoms with van der Waals surface area (Å²) in [4.78, 5) is 0. The third-order valence-electron chi connectivity index (χ3n) is 2.64. The number of rotatable bonds is 4. The fourth-order valence-electron chi connectivity index (χ4n) is 1.54. The summed E-state index contributed by atoms with van der Waals surface area (Å²) in [5.41, 5.74) is 1.34. The first-order valence-electron chi connectivity index (χ1n) is 5.38. The van der Waals surface area contributed by atoms with Gasteiger partial charge in [-0.05, 0) is 19.1 Å². The van der Waals surface area contributed by atoms with E-state index in [-0.39, 0.29) is 6.10 Å². The summed E-state index contributed by atoms with van der Waals surface area (Å²) in [7, 11) is 1.64. The van der Waals surface area contributed by atoms with Crippen molar-refractivity contribution < 1.29 is 19.4 Å². The Morgan fingerprint density at radius 3 is 3.06 bits per heavy atom. The molecule has 1 N–H and O–H groups in total. The van der Waals surface area contributed by atoms with E-state index in [1.807, 2.05) is 19.1 Å². The lowest BCUT2D eigenvalue weighted by Gasteiger charge is -2.11. The Labute approximate surface area is 99.6 Å². The summed E-state index contributed by atoms with van der Waals surface area (Å²) < 4.78 is 16.0. The Hall–Kier alpha value is -1.75. The molecule has 0 spiro atoms. The third-order valence-corrected chi connectivity index (χ3v) is 2.64. The minimum atomic E-state index is 0.0405. The van der Waals surface area contributed by atoms with Crippen molar-refractivity contribution in [3.05, 3.63) is 23.8 Å². The SMILES string of the molecule is COC(C)COc1ccc2c(c1)OC/C2=N\O. The van der Waals surface area contributed by atoms with Crippen LogP contribution in [0.1, 0.15) is 12.5 Å². The van der Waals surface area contributed by atoms with Gasteiger partial charge in [0.1, 0.15) is 30.4 Å². The van der Waals surface area contributed by atoms with Crippen LogP contribution >= 0.6 is 0 Å². The zero-order valence-electron chi connectivity index (χ0n) is 9.84. The van der Waals surface area contributed by atoms with E-state index in [1.54, 1.807) is 13.2 Å². The summed E-state index contributed by atoms with van der Waals surface area (Å²) in [6.45, 7) is 2.71. The van der Waals surface area contributed by atoms with Crippen LogP contribution in [0.5, 0.6) is 11.5 Å². The molecule has 1 aromatic carbocycles. The molecule has 0 bridgehead atoms. The van der Waals surface area contributed by atoms with E-state index >= 15 is 0 Å². The van der Waals surface area contributed by atoms with Gasteiger partial charge in [-0.1, -0.05) is 5.16 Å². The van der Waals surface area contributed by atoms with Crippen LogP contribution in [0.4, 0.5) is 0 Å². The molecule has 5 nitrogen and oxygen atoms in total. The first kappa shape index (κ1) is 11.7. The highest BCUT2D eigenvalue weighted by Crippen LogP contribution is 2.29. The molecule has 0 fully saturated rings. The largest absolute Gasteiger partial charge is 0.491 e. The summed E-state index contributed by atoms with van der Waals surface area (Å²) in [5, 5.41) is 11.9. The van der Waals surface area contributed by atoms with Crippen molar-refractivity contribution in [2.45, 2.75) is 13.0 Å². The smallest absolute Gasteiger partial charge is 0.134 e. The molecule has 1 aromatic rings. The highest BCUT2D eigenvalue weighted by Gasteiger charge is 2.20. The average Bonchev–Trinajstić information content (AvgIpc) is 2.78. The molecule has 5 heteroatoms. The Bertz CT molecular complexity index is 431. The van der Waals surface area contributed by atoms with Crippen molar-refractivity contribution in [2.24, 2.45) is 5.16 Å². The van der Waals surface area contributed by atoms with Crippen LogP contribution in [-0.4, -0.2) is 37.3 Å². The number of methoxy groups -OCH3 is 1. The van der Waals surface area contributed by atoms with Crippen molar-refractivity contribution in [3.8, 4) is 11.5 Å². The standard InChI is InChI=1S/C12H15NO4/c1-8(15-2)6-16-9-3-4-10-11(13-14)7-17-12(10)5-9/h3-5,8,14H,6-7H2,1-2H3/b13-11+. The van der Waals surface area contributed by atoms with Gasteiger partial charge in [0, 0.05) is 18.7 Å². The number of oxime groups is 1. The molecule has 1 unspecified atom stereocenters. The summed E-state index contributed by atoms with van der Waals surface area (Å²) in [5.74, 6) is 1.40. The van der Waals surface area contributed by atoms with E-state index in [0.29, 0.717) is 30.4 Å². The van der Waals surface area contributed by atoms with E-state index in [9.17, 15) is 0 Å². The molecule has 0 saturated carbocycles. The molecule has 0 aromatic heterocycles. The molecule has 1 atom stereocenters. The van der Waals surface area contributed by atoms with E-state index in [1.165, 1.54) is 0 Å². The van der Waals surface area contributed by atoms with Gasteiger partial charge in [0.05, 0.1) is 6.10 Å². The molecule has 2 rings (SSSR count). The molecular weight excluding hydrogens is 222 g/mol. The monoisotopic (exact) mass is 237 g/mol. The van der Waals surface area contributed by atoms with Crippen molar-refractivity contribution in [2.75, 3.05) is 20.3 Å². The Morgan fingerprint density at radius 2 is 2.35 bits per heavy atom. The Balaban J connectivity index is 2.08. The van der Waals surface area contributed by atoms with Crippen molar-refractivity contribution >= 4 is 5.71 Å². The summed E-state index contributed by atoms with van der Waals surface area (Å²) in [6.07, 6.45) is 0.0405. The normalized spacial score (nSPS) is 17.6. The number of ether oxygens (including phenoxy) is 3. The van der Waals surface area contributed by atoms with Crippen LogP contribution in [-0.2, 0) is 4.74 Å². The fraction of sp³-hybridized carbons (Fsp3) is 0.417. The molecule has 0 aliphatic carbocycles. The summed E-state index contributed by atoms with van der Waals surface area (Å²) >= 11 is 0. The van der Waals surface area contributed by atoms with Gasteiger partial charge in [0.15, 0.2) is 0 Å². The van der Waals surface area contributed by atoms with Gasteiger partial charge in [-0.25, -0.2) is 0 Å². The Morgan fingerprint density at radius 1 is 1.53 bits per heavy atom. The van der Waals surface area contributed by atoms with Crippen molar-refractivity contribution in [1.82, 2.24) is 0 Å². The van der Waals surface area contributed by atoms with Crippen LogP contribution < -0.4 is 9.47 Å². The molecular formula is C12H15NO4. The zero-order chi connectivity index (χ0) is 12.3. The lowest BCUT2D eigenvalue weighted by molar-refractivity contribution is 0.0716. The minimum absolute atomic E-state index is 0.0405. The number of hydrogen-bond acceptors (Lipinski definition) is 5. The number of hydrogen-bond donors (Lipinski definition) is 1. The number of fused-ring (bicyclic) bond motifs is 1. The van der Waals surface area contributed by atoms with Gasteiger partial charge in [-0.2, -0.15) is 0 Å². The first-order chi connectivity index (χ1) is 8.24. The van der Waals surface area contributed by atoms with Gasteiger partial charge in [0.2, 0.25) is 0 Å². The van der Waals surface area contributed by atoms with Crippen LogP contribution in [0.2, 0.25) is 0 Å². The van der Waals surface area contributed by atoms with Crippen LogP contribution in [0.15, 0.2) is 23.4 Å². The molecule has 17 heavy (non-hydrogen) atoms. The maximum atomic E-state index is 8.75. The van der Waals surface area contributed by atoms with Gasteiger partial charge in [0.25, 0.3) is 0 Å². The molecule has 0 radical (unpaired) electrons. The van der Waals surface area contributed by atoms with Crippen molar-refractivity contribution in [3.63, 3.8) is 0 Å². The van der Waals surface area contributed by atoms with Crippen molar-refractivity contribution in [1.29, 1.82) is 0 Å². The molecule has 0 amide bonds. The number of benzene rings is 1. The van der Waals surface area contributed by atoms with E-state index < -0.39 is 0 Å². The molecule has 1 aliphatic rings. The van der Waals surface area contributed by atoms with Gasteiger partial charge < -0.3 is 19.4 Å². The summed E-state index contributed by atoms with van der Waals surface area (Å²) in [6, 6.07) is 5.43. The minimum Gasteiger partial charge on any atom is -0.491 e. The molecule has 0 saturated heterocycles. The first-order valence-corrected chi connectivity index (χ1v) is 5.38. The third kappa shape index (κ3) is 2.50. The number of nitrogens with zero attached hydrogens (tertiary/aromatic N) is 1. The van der Waals surface area contributed by atoms with Crippen LogP contribution in [0, 0.1) is 0 Å². The predicted octanol–water partition coefficient (Wildman–Crippen LogP) is 1.67. The average molecular weight is 237 g/mol. The second kappa shape index (κ2) is 5.05. The second-order valence-corrected chi connectivity index (χ2v) is 3.85. The van der Waals surface area contributed by atoms with E-state index in [0.717, 1.165) is 5.56 Å². The topological polar surface area (TPSA) is 60.3 Å². The zero-order valence-corrected chi connectivity index (χ0v) is 9.84. The maximum Gasteiger partial charge on any atom is 0.134 e. The van der Waals surface area contributed by atoms with E-state index in [4.69, 9.17) is 19.4 Å². The second-order valence-electron chi connectivity index (χ2n) is 3.85. The lowest BCUT2D eigenvalue weighted by Crippen LogP contribution is -2.15. The lowest BCUT2D eigenvalue weighted by atomic mass is 10.1. The van der Waals surface area contributed by atoms with Gasteiger partial charge >= 0.3 is 0 Å². The molecule has 1 aliphatic heterocycles. The Kier molecular flexibility index (Phi) is 3.49. The molecule has 1 heterocycles. The quantitative estimate of drug-likeness (QED) is 0.639. The van der Waals surface area contributed by atoms with Crippen LogP contribution in [0.25, 0.3) is 0 Å². The predicted molar refractivity (Wildman–Crippen MR) is 62.2 cm³/mol. The molecule has 92 valence electrons. The maximum absolute atomic E-state index is 8.75. The van der Waals surface area contributed by atoms with Crippen LogP contribution in [0.3, 0.4) is 0 Å².